The molecular formula is C10H21NO2S. The third kappa shape index (κ3) is 2.48. The third-order valence-corrected chi connectivity index (χ3v) is 4.70. The van der Waals surface area contributed by atoms with Gasteiger partial charge in [0, 0.05) is 13.1 Å². The normalized spacial score (nSPS) is 29.0. The van der Waals surface area contributed by atoms with Gasteiger partial charge in [-0.15, -0.1) is 0 Å². The second-order valence-electron chi connectivity index (χ2n) is 4.69. The summed E-state index contributed by atoms with van der Waals surface area (Å²) in [6.07, 6.45) is 4.64. The minimum Gasteiger partial charge on any atom is -0.213 e. The number of hydrogen-bond donors (Lipinski definition) is 0. The second kappa shape index (κ2) is 4.19. The molecule has 0 aromatic heterocycles. The smallest absolute Gasteiger partial charge is 0.211 e. The van der Waals surface area contributed by atoms with Gasteiger partial charge in [0.05, 0.1) is 6.26 Å². The van der Waals surface area contributed by atoms with Gasteiger partial charge in [0.2, 0.25) is 10.0 Å². The highest BCUT2D eigenvalue weighted by Gasteiger charge is 2.35. The van der Waals surface area contributed by atoms with Crippen molar-refractivity contribution in [3.63, 3.8) is 0 Å². The van der Waals surface area contributed by atoms with Crippen LogP contribution in [0.5, 0.6) is 0 Å². The molecule has 0 amide bonds. The summed E-state index contributed by atoms with van der Waals surface area (Å²) in [5.41, 5.74) is 0. The summed E-state index contributed by atoms with van der Waals surface area (Å²) in [7, 11) is -1.31. The molecule has 1 fully saturated rings. The summed E-state index contributed by atoms with van der Waals surface area (Å²) in [5, 5.41) is 0. The lowest BCUT2D eigenvalue weighted by Gasteiger charge is -2.30. The molecule has 1 rings (SSSR count). The Hall–Kier alpha value is -0.0900. The maximum absolute atomic E-state index is 11.4. The van der Waals surface area contributed by atoms with Gasteiger partial charge >= 0.3 is 0 Å². The first-order valence-corrected chi connectivity index (χ1v) is 7.12. The van der Waals surface area contributed by atoms with Crippen molar-refractivity contribution in [2.75, 3.05) is 13.3 Å². The summed E-state index contributed by atoms with van der Waals surface area (Å²) >= 11 is 0. The number of sulfonamides is 1. The lowest BCUT2D eigenvalue weighted by Crippen LogP contribution is -2.40. The number of nitrogens with zero attached hydrogens (tertiary/aromatic N) is 1. The first-order valence-electron chi connectivity index (χ1n) is 5.27. The molecule has 4 heteroatoms. The molecule has 84 valence electrons. The van der Waals surface area contributed by atoms with E-state index in [1.165, 1.54) is 12.7 Å². The van der Waals surface area contributed by atoms with Crippen molar-refractivity contribution >= 4 is 10.0 Å². The Morgan fingerprint density at radius 2 is 1.86 bits per heavy atom. The Morgan fingerprint density at radius 1 is 1.29 bits per heavy atom. The average molecular weight is 219 g/mol. The Kier molecular flexibility index (Phi) is 3.58. The molecule has 0 aromatic carbocycles. The summed E-state index contributed by atoms with van der Waals surface area (Å²) in [6, 6.07) is 0.227. The maximum atomic E-state index is 11.4. The summed E-state index contributed by atoms with van der Waals surface area (Å²) in [5.74, 6) is 1.11. The highest BCUT2D eigenvalue weighted by atomic mass is 32.2. The number of hydrogen-bond acceptors (Lipinski definition) is 2. The van der Waals surface area contributed by atoms with E-state index in [0.717, 1.165) is 12.8 Å². The molecule has 2 atom stereocenters. The molecule has 0 heterocycles. The molecule has 0 aliphatic heterocycles. The first kappa shape index (κ1) is 12.0. The van der Waals surface area contributed by atoms with Crippen LogP contribution in [0.1, 0.15) is 33.1 Å². The predicted octanol–water partition coefficient (Wildman–Crippen LogP) is 1.70. The molecule has 0 saturated heterocycles. The van der Waals surface area contributed by atoms with E-state index in [0.29, 0.717) is 11.8 Å². The van der Waals surface area contributed by atoms with Gasteiger partial charge in [0.15, 0.2) is 0 Å². The quantitative estimate of drug-likeness (QED) is 0.724. The molecule has 3 nitrogen and oxygen atoms in total. The largest absolute Gasteiger partial charge is 0.213 e. The van der Waals surface area contributed by atoms with Gasteiger partial charge in [-0.1, -0.05) is 20.3 Å². The fourth-order valence-electron chi connectivity index (χ4n) is 2.44. The van der Waals surface area contributed by atoms with Gasteiger partial charge in [0.1, 0.15) is 0 Å². The van der Waals surface area contributed by atoms with E-state index in [1.807, 2.05) is 0 Å². The van der Waals surface area contributed by atoms with Crippen molar-refractivity contribution in [3.8, 4) is 0 Å². The standard InChI is InChI=1S/C10H21NO2S/c1-8(2)9-6-5-7-10(9)11(3)14(4,12)13/h8-10H,5-7H2,1-4H3/t9-,10?/m0/s1. The van der Waals surface area contributed by atoms with Crippen LogP contribution >= 0.6 is 0 Å². The average Bonchev–Trinajstić information content (AvgIpc) is 2.48. The fraction of sp³-hybridized carbons (Fsp3) is 1.00. The van der Waals surface area contributed by atoms with Gasteiger partial charge < -0.3 is 0 Å². The first-order chi connectivity index (χ1) is 6.34. The van der Waals surface area contributed by atoms with Crippen molar-refractivity contribution in [1.82, 2.24) is 4.31 Å². The van der Waals surface area contributed by atoms with Crippen LogP contribution in [-0.4, -0.2) is 32.1 Å². The van der Waals surface area contributed by atoms with Gasteiger partial charge in [-0.3, -0.25) is 0 Å². The molecule has 0 aromatic rings. The molecule has 0 bridgehead atoms. The minimum atomic E-state index is -3.02. The SMILES string of the molecule is CC(C)[C@@H]1CCCC1N(C)S(C)(=O)=O. The highest BCUT2D eigenvalue weighted by Crippen LogP contribution is 2.35. The zero-order valence-electron chi connectivity index (χ0n) is 9.53. The van der Waals surface area contributed by atoms with E-state index in [2.05, 4.69) is 13.8 Å². The Bertz CT molecular complexity index is 284. The van der Waals surface area contributed by atoms with Gasteiger partial charge in [-0.05, 0) is 24.7 Å². The second-order valence-corrected chi connectivity index (χ2v) is 6.73. The Balaban J connectivity index is 2.77. The third-order valence-electron chi connectivity index (χ3n) is 3.38. The lowest BCUT2D eigenvalue weighted by atomic mass is 9.91. The van der Waals surface area contributed by atoms with Crippen LogP contribution in [0.25, 0.3) is 0 Å². The monoisotopic (exact) mass is 219 g/mol. The van der Waals surface area contributed by atoms with Crippen molar-refractivity contribution in [2.45, 2.75) is 39.2 Å². The van der Waals surface area contributed by atoms with Crippen LogP contribution in [0.3, 0.4) is 0 Å². The molecule has 1 aliphatic carbocycles. The molecule has 1 saturated carbocycles. The molecule has 14 heavy (non-hydrogen) atoms. The molecule has 0 radical (unpaired) electrons. The van der Waals surface area contributed by atoms with Crippen molar-refractivity contribution < 1.29 is 8.42 Å². The van der Waals surface area contributed by atoms with Gasteiger partial charge in [0.25, 0.3) is 0 Å². The van der Waals surface area contributed by atoms with Crippen LogP contribution in [0, 0.1) is 11.8 Å². The highest BCUT2D eigenvalue weighted by molar-refractivity contribution is 7.88. The van der Waals surface area contributed by atoms with Crippen molar-refractivity contribution in [2.24, 2.45) is 11.8 Å². The summed E-state index contributed by atoms with van der Waals surface area (Å²) < 4.78 is 24.4. The predicted molar refractivity (Wildman–Crippen MR) is 58.6 cm³/mol. The van der Waals surface area contributed by atoms with Crippen LogP contribution in [0.15, 0.2) is 0 Å². The molecular weight excluding hydrogens is 198 g/mol. The van der Waals surface area contributed by atoms with E-state index in [4.69, 9.17) is 0 Å². The van der Waals surface area contributed by atoms with E-state index in [1.54, 1.807) is 11.4 Å². The van der Waals surface area contributed by atoms with Crippen molar-refractivity contribution in [3.05, 3.63) is 0 Å². The van der Waals surface area contributed by atoms with Crippen LogP contribution in [0.2, 0.25) is 0 Å². The minimum absolute atomic E-state index is 0.227. The summed E-state index contributed by atoms with van der Waals surface area (Å²) in [6.45, 7) is 4.36. The topological polar surface area (TPSA) is 37.4 Å². The van der Waals surface area contributed by atoms with Crippen LogP contribution in [-0.2, 0) is 10.0 Å². The molecule has 1 aliphatic rings. The Labute approximate surface area is 87.5 Å². The van der Waals surface area contributed by atoms with E-state index in [9.17, 15) is 8.42 Å². The van der Waals surface area contributed by atoms with Crippen molar-refractivity contribution in [1.29, 1.82) is 0 Å². The van der Waals surface area contributed by atoms with Gasteiger partial charge in [-0.2, -0.15) is 0 Å². The van der Waals surface area contributed by atoms with Crippen LogP contribution in [0.4, 0.5) is 0 Å². The van der Waals surface area contributed by atoms with Crippen LogP contribution < -0.4 is 0 Å². The summed E-state index contributed by atoms with van der Waals surface area (Å²) in [4.78, 5) is 0. The fourth-order valence-corrected chi connectivity index (χ4v) is 3.20. The molecule has 0 N–H and O–H groups in total. The zero-order chi connectivity index (χ0) is 10.9. The van der Waals surface area contributed by atoms with E-state index < -0.39 is 10.0 Å². The van der Waals surface area contributed by atoms with E-state index >= 15 is 0 Å². The molecule has 0 spiro atoms. The number of rotatable bonds is 3. The lowest BCUT2D eigenvalue weighted by molar-refractivity contribution is 0.248. The molecule has 1 unspecified atom stereocenters. The Morgan fingerprint density at radius 3 is 2.29 bits per heavy atom. The zero-order valence-corrected chi connectivity index (χ0v) is 10.3. The van der Waals surface area contributed by atoms with E-state index in [-0.39, 0.29) is 6.04 Å². The maximum Gasteiger partial charge on any atom is 0.211 e. The van der Waals surface area contributed by atoms with Gasteiger partial charge in [-0.25, -0.2) is 12.7 Å².